The van der Waals surface area contributed by atoms with E-state index in [0.29, 0.717) is 26.7 Å². The Morgan fingerprint density at radius 2 is 1.61 bits per heavy atom. The zero-order valence-electron chi connectivity index (χ0n) is 21.3. The fourth-order valence-corrected chi connectivity index (χ4v) is 5.39. The average Bonchev–Trinajstić information content (AvgIpc) is 3.19. The lowest BCUT2D eigenvalue weighted by Gasteiger charge is -2.23. The molecule has 1 aromatic heterocycles. The van der Waals surface area contributed by atoms with Crippen molar-refractivity contribution in [3.63, 3.8) is 0 Å². The summed E-state index contributed by atoms with van der Waals surface area (Å²) >= 11 is 0. The molecule has 0 saturated heterocycles. The number of amides is 2. The number of furan rings is 1. The second-order valence-corrected chi connectivity index (χ2v) is 10.4. The maximum Gasteiger partial charge on any atom is 0.342 e. The Morgan fingerprint density at radius 3 is 2.21 bits per heavy atom. The number of hydrogen-bond donors (Lipinski definition) is 1. The third kappa shape index (κ3) is 5.16. The molecule has 0 aliphatic rings. The molecule has 0 unspecified atom stereocenters. The van der Waals surface area contributed by atoms with Crippen LogP contribution in [0.2, 0.25) is 0 Å². The van der Waals surface area contributed by atoms with Crippen LogP contribution in [0, 0.1) is 13.8 Å². The van der Waals surface area contributed by atoms with E-state index in [2.05, 4.69) is 5.32 Å². The topological polar surface area (TPSA) is 123 Å². The van der Waals surface area contributed by atoms with Gasteiger partial charge in [0.15, 0.2) is 0 Å². The first kappa shape index (κ1) is 26.6. The molecule has 0 bridgehead atoms. The van der Waals surface area contributed by atoms with Gasteiger partial charge >= 0.3 is 5.97 Å². The van der Waals surface area contributed by atoms with Gasteiger partial charge in [-0.1, -0.05) is 17.7 Å². The molecule has 0 saturated carbocycles. The molecule has 0 spiro atoms. The van der Waals surface area contributed by atoms with Gasteiger partial charge in [0, 0.05) is 23.6 Å². The highest BCUT2D eigenvalue weighted by Gasteiger charge is 2.33. The Hall–Kier alpha value is -4.44. The van der Waals surface area contributed by atoms with Crippen molar-refractivity contribution in [2.24, 2.45) is 0 Å². The fourth-order valence-electron chi connectivity index (χ4n) is 3.99. The van der Waals surface area contributed by atoms with E-state index in [1.807, 2.05) is 6.92 Å². The number of hydrogen-bond acceptors (Lipinski definition) is 7. The first-order valence-electron chi connectivity index (χ1n) is 11.8. The van der Waals surface area contributed by atoms with Crippen molar-refractivity contribution in [3.05, 3.63) is 89.2 Å². The molecule has 196 valence electrons. The van der Waals surface area contributed by atoms with Gasteiger partial charge in [0.05, 0.1) is 17.2 Å². The molecule has 3 aromatic carbocycles. The first-order chi connectivity index (χ1) is 18.0. The fraction of sp³-hybridized carbons (Fsp3) is 0.179. The van der Waals surface area contributed by atoms with Crippen molar-refractivity contribution >= 4 is 50.2 Å². The summed E-state index contributed by atoms with van der Waals surface area (Å²) in [4.78, 5) is 37.5. The number of aryl methyl sites for hydroxylation is 2. The second kappa shape index (κ2) is 10.5. The minimum absolute atomic E-state index is 0.0142. The van der Waals surface area contributed by atoms with Crippen molar-refractivity contribution in [1.29, 1.82) is 0 Å². The molecule has 1 N–H and O–H groups in total. The summed E-state index contributed by atoms with van der Waals surface area (Å²) in [6.45, 7) is 6.61. The normalized spacial score (nSPS) is 11.3. The minimum atomic E-state index is -4.44. The van der Waals surface area contributed by atoms with Crippen LogP contribution in [0.1, 0.15) is 45.9 Å². The van der Waals surface area contributed by atoms with E-state index in [1.165, 1.54) is 49.4 Å². The summed E-state index contributed by atoms with van der Waals surface area (Å²) in [6, 6.07) is 16.4. The number of nitrogens with zero attached hydrogens (tertiary/aromatic N) is 1. The van der Waals surface area contributed by atoms with E-state index in [9.17, 15) is 22.8 Å². The quantitative estimate of drug-likeness (QED) is 0.323. The lowest BCUT2D eigenvalue weighted by atomic mass is 10.1. The van der Waals surface area contributed by atoms with Crippen LogP contribution in [0.5, 0.6) is 0 Å². The Kier molecular flexibility index (Phi) is 7.36. The Balaban J connectivity index is 1.89. The van der Waals surface area contributed by atoms with Crippen LogP contribution in [-0.2, 0) is 19.6 Å². The van der Waals surface area contributed by atoms with Crippen molar-refractivity contribution in [3.8, 4) is 0 Å². The van der Waals surface area contributed by atoms with Crippen molar-refractivity contribution in [2.45, 2.75) is 32.6 Å². The Labute approximate surface area is 220 Å². The molecule has 0 aliphatic heterocycles. The molecule has 1 heterocycles. The van der Waals surface area contributed by atoms with E-state index in [4.69, 9.17) is 9.15 Å². The predicted octanol–water partition coefficient (Wildman–Crippen LogP) is 5.22. The average molecular weight is 535 g/mol. The summed E-state index contributed by atoms with van der Waals surface area (Å²) in [5, 5.41) is 2.90. The molecule has 0 atom stereocenters. The van der Waals surface area contributed by atoms with Crippen LogP contribution in [0.15, 0.2) is 76.0 Å². The monoisotopic (exact) mass is 534 g/mol. The van der Waals surface area contributed by atoms with Gasteiger partial charge in [0.2, 0.25) is 5.91 Å². The van der Waals surface area contributed by atoms with Crippen LogP contribution >= 0.6 is 0 Å². The van der Waals surface area contributed by atoms with Gasteiger partial charge in [-0.05, 0) is 75.4 Å². The molecular formula is C28H26N2O7S. The summed E-state index contributed by atoms with van der Waals surface area (Å²) in [6.07, 6.45) is 0. The SMILES string of the molecule is CCOC(=O)c1c(C)oc2ccc(N(C(=O)c3ccc(C)cc3)S(=O)(=O)c3ccc(NC(C)=O)cc3)cc12. The van der Waals surface area contributed by atoms with Gasteiger partial charge in [-0.3, -0.25) is 9.59 Å². The van der Waals surface area contributed by atoms with Crippen molar-refractivity contribution in [2.75, 3.05) is 16.2 Å². The second-order valence-electron chi connectivity index (χ2n) is 8.58. The summed E-state index contributed by atoms with van der Waals surface area (Å²) < 4.78 is 39.4. The third-order valence-electron chi connectivity index (χ3n) is 5.76. The van der Waals surface area contributed by atoms with E-state index in [1.54, 1.807) is 38.1 Å². The van der Waals surface area contributed by atoms with Gasteiger partial charge < -0.3 is 14.5 Å². The number of nitrogens with one attached hydrogen (secondary N) is 1. The third-order valence-corrected chi connectivity index (χ3v) is 7.48. The maximum absolute atomic E-state index is 13.9. The van der Waals surface area contributed by atoms with Crippen molar-refractivity contribution < 1.29 is 32.0 Å². The summed E-state index contributed by atoms with van der Waals surface area (Å²) in [5.74, 6) is -1.40. The van der Waals surface area contributed by atoms with Gasteiger partial charge in [-0.25, -0.2) is 13.2 Å². The molecule has 10 heteroatoms. The molecule has 0 aliphatic carbocycles. The lowest BCUT2D eigenvalue weighted by molar-refractivity contribution is -0.114. The van der Waals surface area contributed by atoms with Crippen LogP contribution in [0.25, 0.3) is 11.0 Å². The van der Waals surface area contributed by atoms with E-state index in [0.717, 1.165) is 5.56 Å². The molecule has 4 aromatic rings. The molecule has 9 nitrogen and oxygen atoms in total. The lowest BCUT2D eigenvalue weighted by Crippen LogP contribution is -2.37. The highest BCUT2D eigenvalue weighted by atomic mass is 32.2. The van der Waals surface area contributed by atoms with Gasteiger partial charge in [0.1, 0.15) is 16.9 Å². The summed E-state index contributed by atoms with van der Waals surface area (Å²) in [5.41, 5.74) is 1.97. The maximum atomic E-state index is 13.9. The van der Waals surface area contributed by atoms with Crippen LogP contribution in [-0.4, -0.2) is 32.8 Å². The first-order valence-corrected chi connectivity index (χ1v) is 13.2. The molecule has 4 rings (SSSR count). The highest BCUT2D eigenvalue weighted by Crippen LogP contribution is 2.33. The van der Waals surface area contributed by atoms with E-state index in [-0.39, 0.29) is 34.2 Å². The number of benzene rings is 3. The number of anilines is 2. The molecule has 0 fully saturated rings. The van der Waals surface area contributed by atoms with Crippen LogP contribution in [0.3, 0.4) is 0 Å². The number of rotatable bonds is 7. The Bertz CT molecular complexity index is 1640. The van der Waals surface area contributed by atoms with Crippen LogP contribution < -0.4 is 9.62 Å². The number of fused-ring (bicyclic) bond motifs is 1. The van der Waals surface area contributed by atoms with Gasteiger partial charge in [-0.15, -0.1) is 0 Å². The largest absolute Gasteiger partial charge is 0.462 e. The zero-order chi connectivity index (χ0) is 27.6. The zero-order valence-corrected chi connectivity index (χ0v) is 22.1. The molecule has 38 heavy (non-hydrogen) atoms. The smallest absolute Gasteiger partial charge is 0.342 e. The van der Waals surface area contributed by atoms with E-state index >= 15 is 0 Å². The van der Waals surface area contributed by atoms with Gasteiger partial charge in [0.25, 0.3) is 15.9 Å². The van der Waals surface area contributed by atoms with Crippen molar-refractivity contribution in [1.82, 2.24) is 0 Å². The number of carbonyl (C=O) groups excluding carboxylic acids is 3. The summed E-state index contributed by atoms with van der Waals surface area (Å²) in [7, 11) is -4.44. The molecular weight excluding hydrogens is 508 g/mol. The van der Waals surface area contributed by atoms with Crippen LogP contribution in [0.4, 0.5) is 11.4 Å². The van der Waals surface area contributed by atoms with E-state index < -0.39 is 21.9 Å². The molecule has 0 radical (unpaired) electrons. The Morgan fingerprint density at radius 1 is 0.947 bits per heavy atom. The number of sulfonamides is 1. The number of ether oxygens (including phenoxy) is 1. The minimum Gasteiger partial charge on any atom is -0.462 e. The van der Waals surface area contributed by atoms with Gasteiger partial charge in [-0.2, -0.15) is 4.31 Å². The predicted molar refractivity (Wildman–Crippen MR) is 143 cm³/mol. The standard InChI is InChI=1S/C28H26N2O7S/c1-5-36-28(33)26-18(3)37-25-15-12-22(16-24(25)26)30(27(32)20-8-6-17(2)7-9-20)38(34,35)23-13-10-21(11-14-23)29-19(4)31/h6-16H,5H2,1-4H3,(H,29,31). The molecule has 2 amide bonds. The number of esters is 1. The number of carbonyl (C=O) groups is 3. The highest BCUT2D eigenvalue weighted by molar-refractivity contribution is 7.93.